The van der Waals surface area contributed by atoms with E-state index in [9.17, 15) is 13.8 Å². The van der Waals surface area contributed by atoms with Gasteiger partial charge >= 0.3 is 0 Å². The number of hydrogen-bond donors (Lipinski definition) is 0. The summed E-state index contributed by atoms with van der Waals surface area (Å²) in [6.45, 7) is 0.0300. The maximum atomic E-state index is 13.1. The number of hydrogen-bond acceptors (Lipinski definition) is 4. The molecule has 2 heterocycles. The van der Waals surface area contributed by atoms with Crippen molar-refractivity contribution < 1.29 is 18.2 Å². The molecule has 0 bridgehead atoms. The molecular weight excluding hydrogens is 386 g/mol. The highest BCUT2D eigenvalue weighted by atomic mass is 32.2. The van der Waals surface area contributed by atoms with E-state index in [2.05, 4.69) is 0 Å². The van der Waals surface area contributed by atoms with E-state index in [1.165, 1.54) is 4.90 Å². The fraction of sp³-hybridized carbons (Fsp3) is 0.130. The number of benzene rings is 3. The first kappa shape index (κ1) is 17.8. The highest BCUT2D eigenvalue weighted by Gasteiger charge is 2.41. The lowest BCUT2D eigenvalue weighted by atomic mass is 9.95. The lowest BCUT2D eigenvalue weighted by Gasteiger charge is -2.16. The molecule has 1 amide bonds. The average Bonchev–Trinajstić information content (AvgIpc) is 3.24. The van der Waals surface area contributed by atoms with Crippen molar-refractivity contribution >= 4 is 50.1 Å². The molecule has 0 N–H and O–H groups in total. The summed E-state index contributed by atoms with van der Waals surface area (Å²) in [6.07, 6.45) is 1.60. The Labute approximate surface area is 169 Å². The predicted molar refractivity (Wildman–Crippen MR) is 113 cm³/mol. The van der Waals surface area contributed by atoms with E-state index in [0.717, 1.165) is 21.9 Å². The fourth-order valence-electron chi connectivity index (χ4n) is 3.91. The molecule has 1 aliphatic heterocycles. The SMILES string of the molecule is CS(=O)c1ccc(N2CC(=O)C(c3ccc4oc5ccccc5c4c3)C2=O)cc1. The molecule has 5 rings (SSSR count). The van der Waals surface area contributed by atoms with Crippen LogP contribution in [0.15, 0.2) is 76.0 Å². The second kappa shape index (κ2) is 6.67. The Kier molecular flexibility index (Phi) is 4.10. The maximum absolute atomic E-state index is 13.1. The molecule has 2 atom stereocenters. The van der Waals surface area contributed by atoms with E-state index in [4.69, 9.17) is 4.42 Å². The molecular formula is C23H17NO4S. The molecule has 4 aromatic rings. The third-order valence-corrected chi connectivity index (χ3v) is 6.30. The van der Waals surface area contributed by atoms with E-state index >= 15 is 0 Å². The normalized spacial score (nSPS) is 18.1. The number of ketones is 1. The third kappa shape index (κ3) is 2.87. The molecule has 0 saturated carbocycles. The minimum absolute atomic E-state index is 0.0300. The Morgan fingerprint density at radius 1 is 0.931 bits per heavy atom. The summed E-state index contributed by atoms with van der Waals surface area (Å²) < 4.78 is 17.4. The number of fused-ring (bicyclic) bond motifs is 3. The van der Waals surface area contributed by atoms with Crippen LogP contribution < -0.4 is 4.90 Å². The van der Waals surface area contributed by atoms with Crippen molar-refractivity contribution in [1.82, 2.24) is 0 Å². The van der Waals surface area contributed by atoms with Crippen molar-refractivity contribution in [3.63, 3.8) is 0 Å². The Morgan fingerprint density at radius 3 is 2.41 bits per heavy atom. The number of anilines is 1. The molecule has 0 aliphatic carbocycles. The van der Waals surface area contributed by atoms with E-state index in [1.807, 2.05) is 36.4 Å². The van der Waals surface area contributed by atoms with E-state index in [0.29, 0.717) is 16.1 Å². The number of nitrogens with zero attached hydrogens (tertiary/aromatic N) is 1. The van der Waals surface area contributed by atoms with Crippen LogP contribution in [-0.2, 0) is 20.4 Å². The van der Waals surface area contributed by atoms with Crippen LogP contribution in [0.1, 0.15) is 11.5 Å². The summed E-state index contributed by atoms with van der Waals surface area (Å²) in [7, 11) is -1.09. The predicted octanol–water partition coefficient (Wildman–Crippen LogP) is 4.02. The van der Waals surface area contributed by atoms with Crippen LogP contribution in [0.25, 0.3) is 21.9 Å². The van der Waals surface area contributed by atoms with E-state index in [-0.39, 0.29) is 18.2 Å². The number of amides is 1. The van der Waals surface area contributed by atoms with E-state index < -0.39 is 16.7 Å². The first-order valence-corrected chi connectivity index (χ1v) is 10.8. The van der Waals surface area contributed by atoms with Gasteiger partial charge in [-0.15, -0.1) is 0 Å². The summed E-state index contributed by atoms with van der Waals surface area (Å²) in [5, 5.41) is 1.86. The lowest BCUT2D eigenvalue weighted by Crippen LogP contribution is -2.26. The first-order chi connectivity index (χ1) is 14.0. The van der Waals surface area contributed by atoms with Crippen LogP contribution in [0, 0.1) is 0 Å². The van der Waals surface area contributed by atoms with Crippen molar-refractivity contribution in [3.8, 4) is 0 Å². The van der Waals surface area contributed by atoms with Crippen molar-refractivity contribution in [2.75, 3.05) is 17.7 Å². The highest BCUT2D eigenvalue weighted by molar-refractivity contribution is 7.84. The smallest absolute Gasteiger partial charge is 0.242 e. The molecule has 1 aliphatic rings. The molecule has 2 unspecified atom stereocenters. The van der Waals surface area contributed by atoms with Gasteiger partial charge in [0.05, 0.1) is 6.54 Å². The number of rotatable bonds is 3. The van der Waals surface area contributed by atoms with Crippen LogP contribution in [0.2, 0.25) is 0 Å². The van der Waals surface area contributed by atoms with Gasteiger partial charge in [0.2, 0.25) is 5.91 Å². The highest BCUT2D eigenvalue weighted by Crippen LogP contribution is 2.35. The van der Waals surface area contributed by atoms with Gasteiger partial charge in [-0.25, -0.2) is 0 Å². The van der Waals surface area contributed by atoms with Gasteiger partial charge in [0, 0.05) is 38.4 Å². The van der Waals surface area contributed by atoms with Gasteiger partial charge in [-0.1, -0.05) is 24.3 Å². The maximum Gasteiger partial charge on any atom is 0.242 e. The molecule has 1 aromatic heterocycles. The third-order valence-electron chi connectivity index (χ3n) is 5.36. The Bertz CT molecular complexity index is 1310. The zero-order chi connectivity index (χ0) is 20.1. The van der Waals surface area contributed by atoms with Crippen molar-refractivity contribution in [2.24, 2.45) is 0 Å². The van der Waals surface area contributed by atoms with Gasteiger partial charge in [-0.3, -0.25) is 13.8 Å². The molecule has 1 fully saturated rings. The summed E-state index contributed by atoms with van der Waals surface area (Å²) in [4.78, 5) is 28.0. The van der Waals surface area contributed by atoms with Crippen LogP contribution >= 0.6 is 0 Å². The van der Waals surface area contributed by atoms with Gasteiger partial charge in [0.25, 0.3) is 0 Å². The molecule has 0 radical (unpaired) electrons. The molecule has 5 nitrogen and oxygen atoms in total. The number of carbonyl (C=O) groups is 2. The standard InChI is InChI=1S/C23H17NO4S/c1-29(27)16-9-7-15(8-10-16)24-13-19(25)22(23(24)26)14-6-11-21-18(12-14)17-4-2-3-5-20(17)28-21/h2-12,22H,13H2,1H3. The van der Waals surface area contributed by atoms with Gasteiger partial charge in [0.15, 0.2) is 5.78 Å². The largest absolute Gasteiger partial charge is 0.456 e. The fourth-order valence-corrected chi connectivity index (χ4v) is 4.43. The summed E-state index contributed by atoms with van der Waals surface area (Å²) in [5.74, 6) is -1.20. The monoisotopic (exact) mass is 403 g/mol. The molecule has 29 heavy (non-hydrogen) atoms. The lowest BCUT2D eigenvalue weighted by molar-refractivity contribution is -0.123. The summed E-state index contributed by atoms with van der Waals surface area (Å²) >= 11 is 0. The van der Waals surface area contributed by atoms with Crippen molar-refractivity contribution in [3.05, 3.63) is 72.3 Å². The first-order valence-electron chi connectivity index (χ1n) is 9.22. The molecule has 3 aromatic carbocycles. The second-order valence-corrected chi connectivity index (χ2v) is 8.51. The zero-order valence-corrected chi connectivity index (χ0v) is 16.4. The van der Waals surface area contributed by atoms with Gasteiger partial charge in [-0.2, -0.15) is 0 Å². The minimum atomic E-state index is -1.09. The number of carbonyl (C=O) groups excluding carboxylic acids is 2. The second-order valence-electron chi connectivity index (χ2n) is 7.13. The van der Waals surface area contributed by atoms with Crippen LogP contribution in [0.3, 0.4) is 0 Å². The Balaban J connectivity index is 1.52. The number of Topliss-reactive ketones (excluding diaryl/α,β-unsaturated/α-hetero) is 1. The summed E-state index contributed by atoms with van der Waals surface area (Å²) in [6, 6.07) is 20.1. The Morgan fingerprint density at radius 2 is 1.66 bits per heavy atom. The Hall–Kier alpha value is -3.25. The molecule has 6 heteroatoms. The van der Waals surface area contributed by atoms with Gasteiger partial charge in [0.1, 0.15) is 17.1 Å². The van der Waals surface area contributed by atoms with Crippen LogP contribution in [-0.4, -0.2) is 28.7 Å². The molecule has 144 valence electrons. The zero-order valence-electron chi connectivity index (χ0n) is 15.6. The molecule has 0 spiro atoms. The minimum Gasteiger partial charge on any atom is -0.456 e. The topological polar surface area (TPSA) is 67.6 Å². The molecule has 1 saturated heterocycles. The van der Waals surface area contributed by atoms with Gasteiger partial charge < -0.3 is 9.32 Å². The average molecular weight is 403 g/mol. The van der Waals surface area contributed by atoms with Crippen LogP contribution in [0.5, 0.6) is 0 Å². The van der Waals surface area contributed by atoms with Crippen molar-refractivity contribution in [2.45, 2.75) is 10.8 Å². The van der Waals surface area contributed by atoms with E-state index in [1.54, 1.807) is 36.6 Å². The van der Waals surface area contributed by atoms with Crippen molar-refractivity contribution in [1.29, 1.82) is 0 Å². The van der Waals surface area contributed by atoms with Crippen LogP contribution in [0.4, 0.5) is 5.69 Å². The van der Waals surface area contributed by atoms with Gasteiger partial charge in [-0.05, 0) is 48.0 Å². The number of para-hydroxylation sites is 1. The quantitative estimate of drug-likeness (QED) is 0.485. The summed E-state index contributed by atoms with van der Waals surface area (Å²) in [5.41, 5.74) is 2.81. The number of furan rings is 1.